The first-order valence-electron chi connectivity index (χ1n) is 9.24. The quantitative estimate of drug-likeness (QED) is 0.603. The van der Waals surface area contributed by atoms with Gasteiger partial charge in [-0.05, 0) is 31.2 Å². The number of hydrogen-bond acceptors (Lipinski definition) is 6. The van der Waals surface area contributed by atoms with Crippen LogP contribution in [0, 0.1) is 12.8 Å². The van der Waals surface area contributed by atoms with E-state index < -0.39 is 0 Å². The van der Waals surface area contributed by atoms with Crippen LogP contribution in [0.4, 0.5) is 5.82 Å². The molecule has 1 aliphatic carbocycles. The lowest BCUT2D eigenvalue weighted by Gasteiger charge is -2.17. The molecule has 3 rings (SSSR count). The van der Waals surface area contributed by atoms with Crippen molar-refractivity contribution in [3.05, 3.63) is 16.8 Å². The van der Waals surface area contributed by atoms with Crippen LogP contribution in [0.5, 0.6) is 0 Å². The average Bonchev–Trinajstić information content (AvgIpc) is 2.76. The SMILES string of the molecule is Cc1c(C(=O)OCC(C)C)sc2ncnc(NC3CCCCCC3)c12. The fourth-order valence-electron chi connectivity index (χ4n) is 3.30. The lowest BCUT2D eigenvalue weighted by atomic mass is 10.1. The summed E-state index contributed by atoms with van der Waals surface area (Å²) < 4.78 is 5.41. The van der Waals surface area contributed by atoms with E-state index in [1.807, 2.05) is 20.8 Å². The Hall–Kier alpha value is -1.69. The molecule has 0 aliphatic heterocycles. The predicted molar refractivity (Wildman–Crippen MR) is 102 cm³/mol. The molecule has 0 atom stereocenters. The molecule has 1 aliphatic rings. The van der Waals surface area contributed by atoms with Gasteiger partial charge in [0, 0.05) is 6.04 Å². The topological polar surface area (TPSA) is 64.1 Å². The zero-order valence-corrected chi connectivity index (χ0v) is 16.1. The normalized spacial score (nSPS) is 16.2. The summed E-state index contributed by atoms with van der Waals surface area (Å²) in [5, 5.41) is 4.58. The zero-order valence-electron chi connectivity index (χ0n) is 15.3. The second kappa shape index (κ2) is 8.13. The number of nitrogens with zero attached hydrogens (tertiary/aromatic N) is 2. The van der Waals surface area contributed by atoms with Gasteiger partial charge in [-0.25, -0.2) is 14.8 Å². The number of carbonyl (C=O) groups excluding carboxylic acids is 1. The van der Waals surface area contributed by atoms with Crippen LogP contribution in [-0.4, -0.2) is 28.6 Å². The van der Waals surface area contributed by atoms with Crippen LogP contribution in [0.1, 0.15) is 67.6 Å². The number of ether oxygens (including phenoxy) is 1. The molecule has 5 nitrogen and oxygen atoms in total. The minimum Gasteiger partial charge on any atom is -0.461 e. The molecule has 2 heterocycles. The van der Waals surface area contributed by atoms with Gasteiger partial charge >= 0.3 is 5.97 Å². The van der Waals surface area contributed by atoms with Crippen molar-refractivity contribution in [2.24, 2.45) is 5.92 Å². The highest BCUT2D eigenvalue weighted by Crippen LogP contribution is 2.34. The minimum absolute atomic E-state index is 0.255. The van der Waals surface area contributed by atoms with Crippen molar-refractivity contribution in [3.8, 4) is 0 Å². The number of aromatic nitrogens is 2. The fraction of sp³-hybridized carbons (Fsp3) is 0.632. The van der Waals surface area contributed by atoms with Crippen LogP contribution in [0.15, 0.2) is 6.33 Å². The van der Waals surface area contributed by atoms with Gasteiger partial charge in [0.1, 0.15) is 21.9 Å². The molecule has 6 heteroatoms. The number of thiophene rings is 1. The first-order chi connectivity index (χ1) is 12.1. The molecule has 1 fully saturated rings. The molecule has 1 N–H and O–H groups in total. The molecular weight excluding hydrogens is 334 g/mol. The lowest BCUT2D eigenvalue weighted by Crippen LogP contribution is -2.19. The van der Waals surface area contributed by atoms with Gasteiger partial charge in [0.25, 0.3) is 0 Å². The molecule has 0 bridgehead atoms. The van der Waals surface area contributed by atoms with Crippen molar-refractivity contribution in [1.82, 2.24) is 9.97 Å². The van der Waals surface area contributed by atoms with E-state index in [0.717, 1.165) is 21.6 Å². The van der Waals surface area contributed by atoms with Crippen molar-refractivity contribution in [3.63, 3.8) is 0 Å². The second-order valence-corrected chi connectivity index (χ2v) is 8.28. The molecule has 1 saturated carbocycles. The lowest BCUT2D eigenvalue weighted by molar-refractivity contribution is 0.0464. The first-order valence-corrected chi connectivity index (χ1v) is 10.1. The standard InChI is InChI=1S/C19H27N3O2S/c1-12(2)10-24-19(23)16-13(3)15-17(20-11-21-18(15)25-16)22-14-8-6-4-5-7-9-14/h11-12,14H,4-10H2,1-3H3,(H,20,21,22). The number of fused-ring (bicyclic) bond motifs is 1. The number of esters is 1. The largest absolute Gasteiger partial charge is 0.461 e. The number of anilines is 1. The average molecular weight is 362 g/mol. The molecular formula is C19H27N3O2S. The summed E-state index contributed by atoms with van der Waals surface area (Å²) in [6.07, 6.45) is 9.11. The van der Waals surface area contributed by atoms with E-state index in [1.54, 1.807) is 6.33 Å². The van der Waals surface area contributed by atoms with E-state index >= 15 is 0 Å². The third-order valence-electron chi connectivity index (χ3n) is 4.66. The Labute approximate surface area is 153 Å². The van der Waals surface area contributed by atoms with Gasteiger partial charge in [-0.3, -0.25) is 0 Å². The van der Waals surface area contributed by atoms with E-state index in [0.29, 0.717) is 23.4 Å². The zero-order chi connectivity index (χ0) is 17.8. The fourth-order valence-corrected chi connectivity index (χ4v) is 4.34. The van der Waals surface area contributed by atoms with E-state index in [4.69, 9.17) is 4.74 Å². The van der Waals surface area contributed by atoms with Gasteiger partial charge in [0.15, 0.2) is 0 Å². The molecule has 136 valence electrons. The van der Waals surface area contributed by atoms with Gasteiger partial charge in [0.2, 0.25) is 0 Å². The van der Waals surface area contributed by atoms with Gasteiger partial charge < -0.3 is 10.1 Å². The smallest absolute Gasteiger partial charge is 0.348 e. The Morgan fingerprint density at radius 3 is 2.68 bits per heavy atom. The van der Waals surface area contributed by atoms with E-state index in [-0.39, 0.29) is 5.97 Å². The number of carbonyl (C=O) groups is 1. The molecule has 2 aromatic heterocycles. The highest BCUT2D eigenvalue weighted by atomic mass is 32.1. The highest BCUT2D eigenvalue weighted by molar-refractivity contribution is 7.20. The summed E-state index contributed by atoms with van der Waals surface area (Å²) in [7, 11) is 0. The molecule has 2 aromatic rings. The van der Waals surface area contributed by atoms with Gasteiger partial charge in [-0.1, -0.05) is 39.5 Å². The van der Waals surface area contributed by atoms with E-state index in [1.165, 1.54) is 49.9 Å². The Kier molecular flexibility index (Phi) is 5.89. The van der Waals surface area contributed by atoms with Crippen LogP contribution in [0.2, 0.25) is 0 Å². The molecule has 0 unspecified atom stereocenters. The number of rotatable bonds is 5. The summed E-state index contributed by atoms with van der Waals surface area (Å²) in [4.78, 5) is 22.7. The third kappa shape index (κ3) is 4.29. The summed E-state index contributed by atoms with van der Waals surface area (Å²) in [5.74, 6) is 0.925. The Balaban J connectivity index is 1.86. The monoisotopic (exact) mass is 361 g/mol. The van der Waals surface area contributed by atoms with Gasteiger partial charge in [0.05, 0.1) is 12.0 Å². The first kappa shape index (κ1) is 18.1. The van der Waals surface area contributed by atoms with Gasteiger partial charge in [-0.15, -0.1) is 11.3 Å². The summed E-state index contributed by atoms with van der Waals surface area (Å²) in [5.41, 5.74) is 0.922. The van der Waals surface area contributed by atoms with Crippen LogP contribution in [0.25, 0.3) is 10.2 Å². The number of aryl methyl sites for hydroxylation is 1. The molecule has 0 aromatic carbocycles. The van der Waals surface area contributed by atoms with Crippen LogP contribution in [0.3, 0.4) is 0 Å². The molecule has 0 spiro atoms. The maximum absolute atomic E-state index is 12.4. The van der Waals surface area contributed by atoms with Crippen LogP contribution in [-0.2, 0) is 4.74 Å². The maximum Gasteiger partial charge on any atom is 0.348 e. The van der Waals surface area contributed by atoms with Crippen molar-refractivity contribution in [2.45, 2.75) is 65.3 Å². The van der Waals surface area contributed by atoms with Crippen molar-refractivity contribution in [2.75, 3.05) is 11.9 Å². The van der Waals surface area contributed by atoms with Crippen LogP contribution < -0.4 is 5.32 Å². The predicted octanol–water partition coefficient (Wildman–Crippen LogP) is 4.95. The number of nitrogens with one attached hydrogen (secondary N) is 1. The summed E-state index contributed by atoms with van der Waals surface area (Å²) in [6.45, 7) is 6.47. The molecule has 0 saturated heterocycles. The number of hydrogen-bond donors (Lipinski definition) is 1. The summed E-state index contributed by atoms with van der Waals surface area (Å²) in [6, 6.07) is 0.455. The molecule has 0 radical (unpaired) electrons. The van der Waals surface area contributed by atoms with E-state index in [9.17, 15) is 4.79 Å². The Bertz CT molecular complexity index is 734. The van der Waals surface area contributed by atoms with Crippen LogP contribution >= 0.6 is 11.3 Å². The van der Waals surface area contributed by atoms with Crippen molar-refractivity contribution in [1.29, 1.82) is 0 Å². The van der Waals surface area contributed by atoms with Crippen molar-refractivity contribution >= 4 is 33.3 Å². The molecule has 25 heavy (non-hydrogen) atoms. The second-order valence-electron chi connectivity index (χ2n) is 7.28. The van der Waals surface area contributed by atoms with Crippen molar-refractivity contribution < 1.29 is 9.53 Å². The third-order valence-corrected chi connectivity index (χ3v) is 5.84. The molecule has 0 amide bonds. The minimum atomic E-state index is -0.255. The summed E-state index contributed by atoms with van der Waals surface area (Å²) >= 11 is 1.40. The maximum atomic E-state index is 12.4. The Morgan fingerprint density at radius 2 is 2.00 bits per heavy atom. The van der Waals surface area contributed by atoms with Gasteiger partial charge in [-0.2, -0.15) is 0 Å². The van der Waals surface area contributed by atoms with E-state index in [2.05, 4.69) is 15.3 Å². The highest BCUT2D eigenvalue weighted by Gasteiger charge is 2.22. The Morgan fingerprint density at radius 1 is 1.28 bits per heavy atom.